The van der Waals surface area contributed by atoms with E-state index in [0.717, 1.165) is 23.3 Å². The molecule has 21 heavy (non-hydrogen) atoms. The lowest BCUT2D eigenvalue weighted by Crippen LogP contribution is -1.90. The lowest BCUT2D eigenvalue weighted by Gasteiger charge is -2.01. The molecule has 0 amide bonds. The van der Waals surface area contributed by atoms with Gasteiger partial charge in [0.1, 0.15) is 5.82 Å². The van der Waals surface area contributed by atoms with Crippen LogP contribution < -0.4 is 0 Å². The molecule has 0 fully saturated rings. The molecule has 0 aliphatic heterocycles. The van der Waals surface area contributed by atoms with E-state index in [9.17, 15) is 0 Å². The van der Waals surface area contributed by atoms with Gasteiger partial charge in [-0.1, -0.05) is 48.5 Å². The molecule has 0 spiro atoms. The predicted octanol–water partition coefficient (Wildman–Crippen LogP) is 4.62. The number of aryl methyl sites for hydroxylation is 1. The number of hydrogen-bond acceptors (Lipinski definition) is 1. The molecule has 1 N–H and O–H groups in total. The van der Waals surface area contributed by atoms with Crippen molar-refractivity contribution in [1.29, 1.82) is 0 Å². The molecule has 3 aromatic carbocycles. The van der Waals surface area contributed by atoms with Crippen LogP contribution >= 0.6 is 0 Å². The first kappa shape index (κ1) is 12.2. The van der Waals surface area contributed by atoms with Crippen LogP contribution in [0.5, 0.6) is 0 Å². The van der Waals surface area contributed by atoms with Crippen molar-refractivity contribution < 1.29 is 0 Å². The molecule has 4 aromatic rings. The van der Waals surface area contributed by atoms with Crippen molar-refractivity contribution in [1.82, 2.24) is 9.97 Å². The Morgan fingerprint density at radius 2 is 1.76 bits per heavy atom. The van der Waals surface area contributed by atoms with Crippen LogP contribution in [-0.4, -0.2) is 9.97 Å². The number of nitrogens with zero attached hydrogens (tertiary/aromatic N) is 1. The summed E-state index contributed by atoms with van der Waals surface area (Å²) in [5.74, 6) is 1.02. The highest BCUT2D eigenvalue weighted by molar-refractivity contribution is 5.83. The highest BCUT2D eigenvalue weighted by atomic mass is 14.9. The Hall–Kier alpha value is -2.61. The van der Waals surface area contributed by atoms with Crippen LogP contribution in [0, 0.1) is 6.92 Å². The molecule has 0 aliphatic rings. The van der Waals surface area contributed by atoms with Crippen LogP contribution in [0.1, 0.15) is 17.0 Å². The smallest absolute Gasteiger partial charge is 0.111 e. The molecule has 0 atom stereocenters. The van der Waals surface area contributed by atoms with Crippen LogP contribution in [0.25, 0.3) is 21.8 Å². The largest absolute Gasteiger partial charge is 0.342 e. The summed E-state index contributed by atoms with van der Waals surface area (Å²) in [4.78, 5) is 8.10. The summed E-state index contributed by atoms with van der Waals surface area (Å²) >= 11 is 0. The van der Waals surface area contributed by atoms with Crippen molar-refractivity contribution in [2.75, 3.05) is 0 Å². The molecule has 0 aliphatic carbocycles. The number of aromatic nitrogens is 2. The summed E-state index contributed by atoms with van der Waals surface area (Å²) in [6.07, 6.45) is 0.832. The topological polar surface area (TPSA) is 28.7 Å². The van der Waals surface area contributed by atoms with Gasteiger partial charge in [0.25, 0.3) is 0 Å². The van der Waals surface area contributed by atoms with Crippen molar-refractivity contribution in [2.45, 2.75) is 13.3 Å². The molecule has 1 heterocycles. The highest BCUT2D eigenvalue weighted by Crippen LogP contribution is 2.19. The molecule has 0 saturated carbocycles. The van der Waals surface area contributed by atoms with E-state index in [2.05, 4.69) is 77.6 Å². The van der Waals surface area contributed by atoms with Gasteiger partial charge in [-0.25, -0.2) is 4.98 Å². The maximum Gasteiger partial charge on any atom is 0.111 e. The van der Waals surface area contributed by atoms with E-state index in [-0.39, 0.29) is 0 Å². The third-order valence-corrected chi connectivity index (χ3v) is 3.87. The number of H-pyrrole nitrogens is 1. The normalized spacial score (nSPS) is 11.3. The van der Waals surface area contributed by atoms with Gasteiger partial charge in [0.2, 0.25) is 0 Å². The Labute approximate surface area is 123 Å². The summed E-state index contributed by atoms with van der Waals surface area (Å²) in [6.45, 7) is 2.10. The summed E-state index contributed by atoms with van der Waals surface area (Å²) in [6, 6.07) is 21.4. The van der Waals surface area contributed by atoms with Crippen LogP contribution in [0.4, 0.5) is 0 Å². The summed E-state index contributed by atoms with van der Waals surface area (Å²) in [5.41, 5.74) is 4.69. The second-order valence-corrected chi connectivity index (χ2v) is 5.56. The van der Waals surface area contributed by atoms with Gasteiger partial charge in [0, 0.05) is 6.42 Å². The second-order valence-electron chi connectivity index (χ2n) is 5.56. The van der Waals surface area contributed by atoms with Crippen molar-refractivity contribution in [3.8, 4) is 0 Å². The second kappa shape index (κ2) is 4.74. The maximum absolute atomic E-state index is 4.67. The zero-order valence-corrected chi connectivity index (χ0v) is 11.9. The van der Waals surface area contributed by atoms with Crippen molar-refractivity contribution in [3.63, 3.8) is 0 Å². The van der Waals surface area contributed by atoms with E-state index in [4.69, 9.17) is 0 Å². The van der Waals surface area contributed by atoms with Gasteiger partial charge >= 0.3 is 0 Å². The molecule has 2 heteroatoms. The van der Waals surface area contributed by atoms with E-state index in [1.165, 1.54) is 21.9 Å². The van der Waals surface area contributed by atoms with Gasteiger partial charge in [0.15, 0.2) is 0 Å². The third kappa shape index (κ3) is 2.29. The summed E-state index contributed by atoms with van der Waals surface area (Å²) < 4.78 is 0. The zero-order chi connectivity index (χ0) is 14.2. The monoisotopic (exact) mass is 272 g/mol. The quantitative estimate of drug-likeness (QED) is 0.567. The van der Waals surface area contributed by atoms with Crippen molar-refractivity contribution in [3.05, 3.63) is 77.6 Å². The van der Waals surface area contributed by atoms with Crippen LogP contribution in [0.2, 0.25) is 0 Å². The van der Waals surface area contributed by atoms with Gasteiger partial charge in [-0.2, -0.15) is 0 Å². The third-order valence-electron chi connectivity index (χ3n) is 3.87. The molecule has 102 valence electrons. The molecule has 0 unspecified atom stereocenters. The Balaban J connectivity index is 1.71. The lowest BCUT2D eigenvalue weighted by molar-refractivity contribution is 1.04. The average Bonchev–Trinajstić information content (AvgIpc) is 2.88. The number of aromatic amines is 1. The van der Waals surface area contributed by atoms with Crippen molar-refractivity contribution in [2.24, 2.45) is 0 Å². The molecule has 1 aromatic heterocycles. The number of fused-ring (bicyclic) bond motifs is 2. The van der Waals surface area contributed by atoms with E-state index >= 15 is 0 Å². The molecular weight excluding hydrogens is 256 g/mol. The lowest BCUT2D eigenvalue weighted by atomic mass is 10.1. The molecule has 4 rings (SSSR count). The molecule has 2 nitrogen and oxygen atoms in total. The maximum atomic E-state index is 4.67. The first-order valence-electron chi connectivity index (χ1n) is 7.21. The number of imidazole rings is 1. The van der Waals surface area contributed by atoms with Gasteiger partial charge in [0.05, 0.1) is 11.0 Å². The predicted molar refractivity (Wildman–Crippen MR) is 87.6 cm³/mol. The fraction of sp³-hybridized carbons (Fsp3) is 0.105. The molecule has 0 saturated heterocycles. The van der Waals surface area contributed by atoms with E-state index in [1.807, 2.05) is 0 Å². The first-order valence-corrected chi connectivity index (χ1v) is 7.21. The minimum atomic E-state index is 0.832. The Morgan fingerprint density at radius 1 is 0.905 bits per heavy atom. The molecule has 0 radical (unpaired) electrons. The fourth-order valence-electron chi connectivity index (χ4n) is 2.80. The average molecular weight is 272 g/mol. The van der Waals surface area contributed by atoms with Crippen LogP contribution in [0.3, 0.4) is 0 Å². The molecular formula is C19H16N2. The summed E-state index contributed by atoms with van der Waals surface area (Å²) in [5, 5.41) is 2.56. The van der Waals surface area contributed by atoms with Gasteiger partial charge < -0.3 is 4.98 Å². The highest BCUT2D eigenvalue weighted by Gasteiger charge is 2.04. The Morgan fingerprint density at radius 3 is 2.67 bits per heavy atom. The number of benzene rings is 3. The first-order chi connectivity index (χ1) is 10.3. The van der Waals surface area contributed by atoms with Crippen molar-refractivity contribution >= 4 is 21.8 Å². The Kier molecular flexibility index (Phi) is 2.74. The fourth-order valence-corrected chi connectivity index (χ4v) is 2.80. The number of hydrogen-bond donors (Lipinski definition) is 1. The standard InChI is InChI=1S/C19H16N2/c1-13-6-9-17-18(10-13)21-19(20-17)12-14-7-8-15-4-2-3-5-16(15)11-14/h2-11H,12H2,1H3,(H,20,21). The van der Waals surface area contributed by atoms with E-state index < -0.39 is 0 Å². The minimum absolute atomic E-state index is 0.832. The van der Waals surface area contributed by atoms with Gasteiger partial charge in [-0.3, -0.25) is 0 Å². The molecule has 0 bridgehead atoms. The van der Waals surface area contributed by atoms with E-state index in [1.54, 1.807) is 0 Å². The van der Waals surface area contributed by atoms with Gasteiger partial charge in [-0.15, -0.1) is 0 Å². The van der Waals surface area contributed by atoms with E-state index in [0.29, 0.717) is 0 Å². The van der Waals surface area contributed by atoms with Crippen LogP contribution in [0.15, 0.2) is 60.7 Å². The number of rotatable bonds is 2. The van der Waals surface area contributed by atoms with Gasteiger partial charge in [-0.05, 0) is 41.0 Å². The summed E-state index contributed by atoms with van der Waals surface area (Å²) in [7, 11) is 0. The SMILES string of the molecule is Cc1ccc2nc(Cc3ccc4ccccc4c3)[nH]c2c1. The zero-order valence-electron chi connectivity index (χ0n) is 11.9. The van der Waals surface area contributed by atoms with Crippen LogP contribution in [-0.2, 0) is 6.42 Å². The minimum Gasteiger partial charge on any atom is -0.342 e. The number of nitrogens with one attached hydrogen (secondary N) is 1. The Bertz CT molecular complexity index is 935.